The first-order chi connectivity index (χ1) is 8.35. The standard InChI is InChI=1S/C11H23NO5P/c1-5-8-15-11(13)6-9-16-18(14)17-10-7-12(2,3)4/h5,18H,1,6-10H2,2-4H3/q+1. The molecular weight excluding hydrogens is 257 g/mol. The van der Waals surface area contributed by atoms with Gasteiger partial charge in [-0.25, -0.2) is 0 Å². The first kappa shape index (κ1) is 17.3. The van der Waals surface area contributed by atoms with Gasteiger partial charge in [-0.15, -0.1) is 0 Å². The molecule has 0 aromatic rings. The predicted molar refractivity (Wildman–Crippen MR) is 69.6 cm³/mol. The number of esters is 1. The van der Waals surface area contributed by atoms with Crippen molar-refractivity contribution in [3.8, 4) is 0 Å². The van der Waals surface area contributed by atoms with Crippen LogP contribution in [0.5, 0.6) is 0 Å². The molecule has 6 nitrogen and oxygen atoms in total. The summed E-state index contributed by atoms with van der Waals surface area (Å²) in [5.41, 5.74) is 0. The fourth-order valence-corrected chi connectivity index (χ4v) is 1.50. The number of hydrogen-bond donors (Lipinski definition) is 0. The minimum absolute atomic E-state index is 0.0398. The maximum absolute atomic E-state index is 11.3. The van der Waals surface area contributed by atoms with Crippen molar-refractivity contribution in [2.75, 3.05) is 47.5 Å². The van der Waals surface area contributed by atoms with Gasteiger partial charge in [0.05, 0.1) is 34.2 Å². The van der Waals surface area contributed by atoms with E-state index >= 15 is 0 Å². The van der Waals surface area contributed by atoms with E-state index in [0.717, 1.165) is 11.0 Å². The summed E-state index contributed by atoms with van der Waals surface area (Å²) in [4.78, 5) is 11.0. The highest BCUT2D eigenvalue weighted by atomic mass is 31.1. The Hall–Kier alpha value is -0.680. The Morgan fingerprint density at radius 1 is 1.28 bits per heavy atom. The molecule has 0 amide bonds. The summed E-state index contributed by atoms with van der Waals surface area (Å²) in [5.74, 6) is -0.406. The Labute approximate surface area is 109 Å². The van der Waals surface area contributed by atoms with Crippen LogP contribution in [-0.2, 0) is 23.1 Å². The molecular formula is C11H23NO5P+. The maximum atomic E-state index is 11.3. The van der Waals surface area contributed by atoms with E-state index in [1.165, 1.54) is 6.08 Å². The van der Waals surface area contributed by atoms with Crippen molar-refractivity contribution in [2.24, 2.45) is 0 Å². The topological polar surface area (TPSA) is 61.8 Å². The molecule has 106 valence electrons. The Morgan fingerprint density at radius 3 is 2.44 bits per heavy atom. The monoisotopic (exact) mass is 280 g/mol. The summed E-state index contributed by atoms with van der Waals surface area (Å²) < 4.78 is 26.7. The number of carbonyl (C=O) groups excluding carboxylic acids is 1. The van der Waals surface area contributed by atoms with Crippen LogP contribution in [0.2, 0.25) is 0 Å². The Kier molecular flexibility index (Phi) is 8.93. The van der Waals surface area contributed by atoms with Crippen LogP contribution in [0.4, 0.5) is 0 Å². The molecule has 0 heterocycles. The number of rotatable bonds is 10. The zero-order chi connectivity index (χ0) is 14.0. The second-order valence-electron chi connectivity index (χ2n) is 4.68. The highest BCUT2D eigenvalue weighted by Gasteiger charge is 2.09. The van der Waals surface area contributed by atoms with E-state index in [0.29, 0.717) is 6.61 Å². The van der Waals surface area contributed by atoms with Crippen molar-refractivity contribution in [1.29, 1.82) is 0 Å². The molecule has 0 fully saturated rings. The third-order valence-corrected chi connectivity index (χ3v) is 2.75. The lowest BCUT2D eigenvalue weighted by molar-refractivity contribution is -0.870. The third kappa shape index (κ3) is 11.8. The number of likely N-dealkylation sites (N-methyl/N-ethyl adjacent to an activating group) is 1. The fourth-order valence-electron chi connectivity index (χ4n) is 0.886. The van der Waals surface area contributed by atoms with Gasteiger partial charge in [0.25, 0.3) is 0 Å². The number of nitrogens with zero attached hydrogens (tertiary/aromatic N) is 1. The van der Waals surface area contributed by atoms with Crippen LogP contribution in [0.3, 0.4) is 0 Å². The van der Waals surface area contributed by atoms with Crippen molar-refractivity contribution in [3.05, 3.63) is 12.7 Å². The lowest BCUT2D eigenvalue weighted by Gasteiger charge is -2.23. The van der Waals surface area contributed by atoms with Gasteiger partial charge in [-0.1, -0.05) is 12.7 Å². The summed E-state index contributed by atoms with van der Waals surface area (Å²) in [6, 6.07) is 0. The lowest BCUT2D eigenvalue weighted by Crippen LogP contribution is -2.37. The first-order valence-electron chi connectivity index (χ1n) is 5.71. The van der Waals surface area contributed by atoms with Crippen LogP contribution in [0.15, 0.2) is 12.7 Å². The molecule has 0 aliphatic carbocycles. The molecule has 0 aromatic heterocycles. The highest BCUT2D eigenvalue weighted by molar-refractivity contribution is 7.33. The Balaban J connectivity index is 3.53. The molecule has 0 aliphatic heterocycles. The van der Waals surface area contributed by atoms with Gasteiger partial charge in [-0.2, -0.15) is 0 Å². The van der Waals surface area contributed by atoms with Gasteiger partial charge in [0.2, 0.25) is 0 Å². The van der Waals surface area contributed by atoms with E-state index in [1.54, 1.807) is 0 Å². The maximum Gasteiger partial charge on any atom is 0.319 e. The molecule has 0 aromatic carbocycles. The van der Waals surface area contributed by atoms with Crippen LogP contribution >= 0.6 is 8.25 Å². The van der Waals surface area contributed by atoms with E-state index < -0.39 is 14.2 Å². The van der Waals surface area contributed by atoms with Crippen LogP contribution in [0.1, 0.15) is 6.42 Å². The van der Waals surface area contributed by atoms with Crippen molar-refractivity contribution in [2.45, 2.75) is 6.42 Å². The molecule has 0 rings (SSSR count). The van der Waals surface area contributed by atoms with Crippen molar-refractivity contribution < 1.29 is 27.6 Å². The lowest BCUT2D eigenvalue weighted by atomic mass is 10.5. The number of quaternary nitrogens is 1. The summed E-state index contributed by atoms with van der Waals surface area (Å²) in [5, 5.41) is 0. The molecule has 0 N–H and O–H groups in total. The van der Waals surface area contributed by atoms with Gasteiger partial charge in [0.15, 0.2) is 0 Å². The zero-order valence-electron chi connectivity index (χ0n) is 11.3. The van der Waals surface area contributed by atoms with E-state index in [1.807, 2.05) is 21.1 Å². The first-order valence-corrected chi connectivity index (χ1v) is 6.94. The smallest absolute Gasteiger partial charge is 0.319 e. The van der Waals surface area contributed by atoms with Crippen molar-refractivity contribution in [3.63, 3.8) is 0 Å². The zero-order valence-corrected chi connectivity index (χ0v) is 12.3. The minimum Gasteiger partial charge on any atom is -0.461 e. The normalized spacial score (nSPS) is 13.1. The molecule has 0 spiro atoms. The summed E-state index contributed by atoms with van der Waals surface area (Å²) in [7, 11) is 3.52. The molecule has 1 atom stereocenters. The van der Waals surface area contributed by atoms with E-state index in [4.69, 9.17) is 13.8 Å². The van der Waals surface area contributed by atoms with Gasteiger partial charge < -0.3 is 18.3 Å². The predicted octanol–water partition coefficient (Wildman–Crippen LogP) is 1.23. The summed E-state index contributed by atoms with van der Waals surface area (Å²) in [6.45, 7) is 4.73. The molecule has 0 saturated heterocycles. The van der Waals surface area contributed by atoms with Crippen LogP contribution in [0.25, 0.3) is 0 Å². The Morgan fingerprint density at radius 2 is 1.89 bits per heavy atom. The van der Waals surface area contributed by atoms with Gasteiger partial charge in [0.1, 0.15) is 19.8 Å². The van der Waals surface area contributed by atoms with E-state index in [-0.39, 0.29) is 19.6 Å². The minimum atomic E-state index is -2.52. The van der Waals surface area contributed by atoms with Crippen molar-refractivity contribution >= 4 is 14.2 Å². The Bertz CT molecular complexity index is 288. The summed E-state index contributed by atoms with van der Waals surface area (Å²) >= 11 is 0. The molecule has 0 radical (unpaired) electrons. The van der Waals surface area contributed by atoms with E-state index in [2.05, 4.69) is 6.58 Å². The highest BCUT2D eigenvalue weighted by Crippen LogP contribution is 2.23. The van der Waals surface area contributed by atoms with Crippen LogP contribution in [0, 0.1) is 0 Å². The van der Waals surface area contributed by atoms with Gasteiger partial charge in [-0.05, 0) is 0 Å². The van der Waals surface area contributed by atoms with E-state index in [9.17, 15) is 9.36 Å². The molecule has 0 aliphatic rings. The number of ether oxygens (including phenoxy) is 1. The molecule has 0 bridgehead atoms. The third-order valence-electron chi connectivity index (χ3n) is 1.87. The largest absolute Gasteiger partial charge is 0.461 e. The fraction of sp³-hybridized carbons (Fsp3) is 0.727. The van der Waals surface area contributed by atoms with Gasteiger partial charge in [-0.3, -0.25) is 9.36 Å². The average molecular weight is 280 g/mol. The van der Waals surface area contributed by atoms with Gasteiger partial charge >= 0.3 is 14.2 Å². The van der Waals surface area contributed by atoms with Gasteiger partial charge in [0, 0.05) is 0 Å². The summed E-state index contributed by atoms with van der Waals surface area (Å²) in [6.07, 6.45) is 1.54. The molecule has 7 heteroatoms. The number of carbonyl (C=O) groups is 1. The molecule has 1 unspecified atom stereocenters. The average Bonchev–Trinajstić information content (AvgIpc) is 2.24. The number of hydrogen-bond acceptors (Lipinski definition) is 5. The second-order valence-corrected chi connectivity index (χ2v) is 5.76. The van der Waals surface area contributed by atoms with Crippen LogP contribution in [-0.4, -0.2) is 58.0 Å². The molecule has 0 saturated carbocycles. The second kappa shape index (κ2) is 9.28. The SMILES string of the molecule is C=CCOC(=O)CCO[PH](=O)OCC[N+](C)(C)C. The molecule has 18 heavy (non-hydrogen) atoms. The van der Waals surface area contributed by atoms with Crippen LogP contribution < -0.4 is 0 Å². The van der Waals surface area contributed by atoms with Crippen molar-refractivity contribution in [1.82, 2.24) is 0 Å². The quantitative estimate of drug-likeness (QED) is 0.261.